The van der Waals surface area contributed by atoms with Gasteiger partial charge < -0.3 is 15.2 Å². The summed E-state index contributed by atoms with van der Waals surface area (Å²) in [6.45, 7) is 6.56. The van der Waals surface area contributed by atoms with Gasteiger partial charge in [-0.3, -0.25) is 4.90 Å². The molecule has 1 aromatic carbocycles. The van der Waals surface area contributed by atoms with Crippen LogP contribution in [0.5, 0.6) is 0 Å². The van der Waals surface area contributed by atoms with Crippen molar-refractivity contribution in [1.82, 2.24) is 44.0 Å². The maximum absolute atomic E-state index is 14.7. The van der Waals surface area contributed by atoms with Crippen molar-refractivity contribution in [3.05, 3.63) is 46.6 Å². The summed E-state index contributed by atoms with van der Waals surface area (Å²) in [5, 5.41) is 13.7. The molecule has 2 aliphatic rings. The first-order chi connectivity index (χ1) is 18.9. The van der Waals surface area contributed by atoms with Gasteiger partial charge in [-0.1, -0.05) is 5.16 Å². The zero-order chi connectivity index (χ0) is 26.7. The fourth-order valence-corrected chi connectivity index (χ4v) is 5.19. The van der Waals surface area contributed by atoms with Gasteiger partial charge in [0.2, 0.25) is 17.7 Å². The lowest BCUT2D eigenvalue weighted by atomic mass is 10.1. The zero-order valence-corrected chi connectivity index (χ0v) is 21.5. The monoisotopic (exact) mass is 533 g/mol. The van der Waals surface area contributed by atoms with Crippen LogP contribution in [0, 0.1) is 18.7 Å². The molecule has 14 heteroatoms. The van der Waals surface area contributed by atoms with Gasteiger partial charge in [0.15, 0.2) is 11.3 Å². The van der Waals surface area contributed by atoms with Crippen molar-refractivity contribution in [1.29, 1.82) is 0 Å². The number of hydrogen-bond acceptors (Lipinski definition) is 10. The highest BCUT2D eigenvalue weighted by molar-refractivity contribution is 5.89. The Morgan fingerprint density at radius 1 is 1.08 bits per heavy atom. The Hall–Kier alpha value is -4.33. The fourth-order valence-electron chi connectivity index (χ4n) is 5.19. The predicted octanol–water partition coefficient (Wildman–Crippen LogP) is 1.55. The van der Waals surface area contributed by atoms with E-state index in [0.717, 1.165) is 38.0 Å². The van der Waals surface area contributed by atoms with Crippen LogP contribution in [-0.4, -0.2) is 76.7 Å². The molecule has 0 amide bonds. The van der Waals surface area contributed by atoms with Crippen LogP contribution < -0.4 is 16.3 Å². The largest absolute Gasteiger partial charge is 0.369 e. The molecule has 0 spiro atoms. The van der Waals surface area contributed by atoms with Gasteiger partial charge in [-0.05, 0) is 37.0 Å². The highest BCUT2D eigenvalue weighted by atomic mass is 19.1. The number of halogens is 1. The number of piperazine rings is 1. The van der Waals surface area contributed by atoms with Crippen LogP contribution in [0.25, 0.3) is 28.1 Å². The number of nitrogens with zero attached hydrogens (tertiary/aromatic N) is 10. The second kappa shape index (κ2) is 9.15. The van der Waals surface area contributed by atoms with Crippen LogP contribution in [-0.2, 0) is 13.1 Å². The molecule has 2 fully saturated rings. The molecular weight excluding hydrogens is 505 g/mol. The quantitative estimate of drug-likeness (QED) is 0.327. The van der Waals surface area contributed by atoms with Crippen molar-refractivity contribution < 1.29 is 8.91 Å². The first-order valence-electron chi connectivity index (χ1n) is 13.1. The van der Waals surface area contributed by atoms with Crippen molar-refractivity contribution in [2.45, 2.75) is 32.9 Å². The molecule has 202 valence electrons. The highest BCUT2D eigenvalue weighted by Crippen LogP contribution is 2.30. The highest BCUT2D eigenvalue weighted by Gasteiger charge is 2.26. The lowest BCUT2D eigenvalue weighted by molar-refractivity contribution is 0.245. The Morgan fingerprint density at radius 3 is 2.64 bits per heavy atom. The molecule has 0 atom stereocenters. The summed E-state index contributed by atoms with van der Waals surface area (Å²) >= 11 is 0. The molecule has 5 heterocycles. The number of nitrogen functional groups attached to an aromatic ring is 1. The summed E-state index contributed by atoms with van der Waals surface area (Å²) in [4.78, 5) is 25.9. The van der Waals surface area contributed by atoms with E-state index in [0.29, 0.717) is 66.2 Å². The minimum Gasteiger partial charge on any atom is -0.369 e. The Bertz CT molecular complexity index is 1740. The zero-order valence-electron chi connectivity index (χ0n) is 21.5. The topological polar surface area (TPSA) is 141 Å². The second-order valence-corrected chi connectivity index (χ2v) is 10.3. The molecule has 5 aromatic rings. The molecule has 39 heavy (non-hydrogen) atoms. The number of nitrogens with two attached hydrogens (primary N) is 1. The summed E-state index contributed by atoms with van der Waals surface area (Å²) in [6.07, 6.45) is 3.94. The van der Waals surface area contributed by atoms with E-state index in [4.69, 9.17) is 10.3 Å². The molecule has 0 bridgehead atoms. The third-order valence-electron chi connectivity index (χ3n) is 7.54. The maximum atomic E-state index is 14.7. The van der Waals surface area contributed by atoms with E-state index >= 15 is 0 Å². The van der Waals surface area contributed by atoms with Crippen molar-refractivity contribution >= 4 is 28.3 Å². The molecule has 13 nitrogen and oxygen atoms in total. The van der Waals surface area contributed by atoms with Crippen LogP contribution in [0.4, 0.5) is 16.0 Å². The number of aromatic nitrogens is 8. The maximum Gasteiger partial charge on any atom is 0.353 e. The van der Waals surface area contributed by atoms with Crippen molar-refractivity contribution in [2.75, 3.05) is 43.4 Å². The van der Waals surface area contributed by atoms with Crippen molar-refractivity contribution in [3.8, 4) is 11.4 Å². The average Bonchev–Trinajstić information content (AvgIpc) is 3.34. The van der Waals surface area contributed by atoms with E-state index < -0.39 is 0 Å². The third kappa shape index (κ3) is 4.30. The van der Waals surface area contributed by atoms with Crippen molar-refractivity contribution in [2.24, 2.45) is 5.92 Å². The normalized spacial score (nSPS) is 16.6. The van der Waals surface area contributed by atoms with Gasteiger partial charge in [-0.25, -0.2) is 22.9 Å². The van der Waals surface area contributed by atoms with Crippen molar-refractivity contribution in [3.63, 3.8) is 0 Å². The Labute approximate surface area is 221 Å². The molecule has 1 saturated heterocycles. The molecule has 2 N–H and O–H groups in total. The smallest absolute Gasteiger partial charge is 0.353 e. The first kappa shape index (κ1) is 23.8. The van der Waals surface area contributed by atoms with E-state index in [1.54, 1.807) is 29.9 Å². The summed E-state index contributed by atoms with van der Waals surface area (Å²) < 4.78 is 24.4. The number of fused-ring (bicyclic) bond motifs is 3. The van der Waals surface area contributed by atoms with Crippen LogP contribution in [0.15, 0.2) is 33.7 Å². The van der Waals surface area contributed by atoms with Gasteiger partial charge in [0, 0.05) is 51.8 Å². The van der Waals surface area contributed by atoms with E-state index in [9.17, 15) is 9.18 Å². The number of aryl methyl sites for hydroxylation is 1. The first-order valence-corrected chi connectivity index (χ1v) is 13.1. The van der Waals surface area contributed by atoms with Crippen LogP contribution in [0.2, 0.25) is 0 Å². The standard InChI is InChI=1S/C25H28FN11O2/c1-15-29-21(32-39-15)17-4-5-19(26)20(12-17)34-9-6-33(7-10-34)8-11-35-22-18(13-28-35)23-31-36(14-16-2-3-16)25(38)37(23)24(27)30-22/h4-5,12-13,16H,2-3,6-11,14H2,1H3,(H2,27,30). The SMILES string of the molecule is Cc1nc(-c2ccc(F)c(N3CCN(CCn4ncc5c4nc(N)n4c(=O)n(CC6CC6)nc54)CC3)c2)no1. The molecule has 4 aromatic heterocycles. The summed E-state index contributed by atoms with van der Waals surface area (Å²) in [7, 11) is 0. The molecule has 0 radical (unpaired) electrons. The van der Waals surface area contributed by atoms with E-state index in [2.05, 4.69) is 30.2 Å². The van der Waals surface area contributed by atoms with Gasteiger partial charge in [0.25, 0.3) is 0 Å². The molecule has 1 saturated carbocycles. The minimum atomic E-state index is -0.274. The van der Waals surface area contributed by atoms with Gasteiger partial charge in [0.1, 0.15) is 5.82 Å². The average molecular weight is 534 g/mol. The van der Waals surface area contributed by atoms with Gasteiger partial charge in [-0.2, -0.15) is 15.1 Å². The minimum absolute atomic E-state index is 0.111. The van der Waals surface area contributed by atoms with Gasteiger partial charge in [-0.15, -0.1) is 5.10 Å². The van der Waals surface area contributed by atoms with Crippen LogP contribution in [0.1, 0.15) is 18.7 Å². The van der Waals surface area contributed by atoms with Crippen LogP contribution >= 0.6 is 0 Å². The van der Waals surface area contributed by atoms with Crippen LogP contribution in [0.3, 0.4) is 0 Å². The molecular formula is C25H28FN11O2. The summed E-state index contributed by atoms with van der Waals surface area (Å²) in [6, 6.07) is 4.89. The predicted molar refractivity (Wildman–Crippen MR) is 141 cm³/mol. The van der Waals surface area contributed by atoms with E-state index in [1.807, 2.05) is 4.90 Å². The van der Waals surface area contributed by atoms with Gasteiger partial charge in [0.05, 0.1) is 23.8 Å². The van der Waals surface area contributed by atoms with E-state index in [-0.39, 0.29) is 17.5 Å². The molecule has 1 aliphatic heterocycles. The lowest BCUT2D eigenvalue weighted by Crippen LogP contribution is -2.47. The Balaban J connectivity index is 1.04. The number of benzene rings is 1. The number of rotatable bonds is 7. The number of hydrogen-bond donors (Lipinski definition) is 1. The third-order valence-corrected chi connectivity index (χ3v) is 7.54. The molecule has 0 unspecified atom stereocenters. The molecule has 7 rings (SSSR count). The molecule has 1 aliphatic carbocycles. The Morgan fingerprint density at radius 2 is 1.90 bits per heavy atom. The lowest BCUT2D eigenvalue weighted by Gasteiger charge is -2.36. The second-order valence-electron chi connectivity index (χ2n) is 10.3. The number of anilines is 2. The Kier molecular flexibility index (Phi) is 5.58. The summed E-state index contributed by atoms with van der Waals surface area (Å²) in [5.74, 6) is 1.26. The van der Waals surface area contributed by atoms with E-state index in [1.165, 1.54) is 15.1 Å². The fraction of sp³-hybridized carbons (Fsp3) is 0.440. The van der Waals surface area contributed by atoms with Gasteiger partial charge >= 0.3 is 5.69 Å². The summed E-state index contributed by atoms with van der Waals surface area (Å²) in [5.41, 5.74) is 8.27.